The molecular formula is C17H34IN3O. The van der Waals surface area contributed by atoms with Crippen LogP contribution in [0.5, 0.6) is 0 Å². The first-order valence-corrected chi connectivity index (χ1v) is 8.19. The van der Waals surface area contributed by atoms with Crippen molar-refractivity contribution in [1.29, 1.82) is 0 Å². The highest BCUT2D eigenvalue weighted by atomic mass is 127. The normalized spacial score (nSPS) is 17.0. The summed E-state index contributed by atoms with van der Waals surface area (Å²) in [6.07, 6.45) is 10.6. The maximum Gasteiger partial charge on any atom is 0.193 e. The zero-order valence-corrected chi connectivity index (χ0v) is 16.9. The van der Waals surface area contributed by atoms with Crippen molar-refractivity contribution < 1.29 is 4.74 Å². The van der Waals surface area contributed by atoms with E-state index in [1.165, 1.54) is 25.7 Å². The third-order valence-corrected chi connectivity index (χ3v) is 4.60. The monoisotopic (exact) mass is 423 g/mol. The third kappa shape index (κ3) is 7.31. The van der Waals surface area contributed by atoms with Gasteiger partial charge in [0.05, 0.1) is 0 Å². The van der Waals surface area contributed by atoms with Crippen LogP contribution in [0, 0.1) is 5.41 Å². The van der Waals surface area contributed by atoms with Gasteiger partial charge in [0.2, 0.25) is 0 Å². The van der Waals surface area contributed by atoms with Gasteiger partial charge in [0.1, 0.15) is 0 Å². The Morgan fingerprint density at radius 2 is 2.09 bits per heavy atom. The molecule has 0 aliphatic heterocycles. The number of methoxy groups -OCH3 is 1. The van der Waals surface area contributed by atoms with E-state index < -0.39 is 0 Å². The summed E-state index contributed by atoms with van der Waals surface area (Å²) in [7, 11) is 5.76. The first-order chi connectivity index (χ1) is 10.2. The van der Waals surface area contributed by atoms with E-state index in [0.717, 1.165) is 44.9 Å². The topological polar surface area (TPSA) is 36.9 Å². The Labute approximate surface area is 153 Å². The zero-order chi connectivity index (χ0) is 15.6. The lowest BCUT2D eigenvalue weighted by atomic mass is 9.83. The Bertz CT molecular complexity index is 328. The summed E-state index contributed by atoms with van der Waals surface area (Å²) >= 11 is 0. The number of hydrogen-bond donors (Lipinski definition) is 1. The summed E-state index contributed by atoms with van der Waals surface area (Å²) in [6.45, 7) is 6.65. The second kappa shape index (κ2) is 12.2. The number of hydrogen-bond acceptors (Lipinski definition) is 2. The molecule has 0 heterocycles. The Hall–Kier alpha value is -0.300. The van der Waals surface area contributed by atoms with Gasteiger partial charge >= 0.3 is 0 Å². The molecule has 1 rings (SSSR count). The predicted molar refractivity (Wildman–Crippen MR) is 106 cm³/mol. The van der Waals surface area contributed by atoms with Crippen molar-refractivity contribution in [3.63, 3.8) is 0 Å². The molecule has 1 fully saturated rings. The van der Waals surface area contributed by atoms with Gasteiger partial charge in [-0.1, -0.05) is 18.9 Å². The van der Waals surface area contributed by atoms with E-state index >= 15 is 0 Å². The maximum absolute atomic E-state index is 5.30. The molecule has 4 nitrogen and oxygen atoms in total. The molecule has 1 saturated carbocycles. The Balaban J connectivity index is 0.00000441. The summed E-state index contributed by atoms with van der Waals surface area (Å²) in [5.41, 5.74) is 0.397. The molecule has 1 aliphatic carbocycles. The minimum Gasteiger partial charge on any atom is -0.385 e. The molecule has 0 aromatic heterocycles. The van der Waals surface area contributed by atoms with E-state index in [0.29, 0.717) is 5.41 Å². The number of allylic oxidation sites excluding steroid dienone is 1. The number of ether oxygens (including phenoxy) is 1. The van der Waals surface area contributed by atoms with E-state index in [2.05, 4.69) is 28.8 Å². The first-order valence-electron chi connectivity index (χ1n) is 8.19. The Morgan fingerprint density at radius 3 is 2.64 bits per heavy atom. The van der Waals surface area contributed by atoms with Crippen LogP contribution in [0.15, 0.2) is 17.6 Å². The minimum atomic E-state index is 0. The van der Waals surface area contributed by atoms with Crippen LogP contribution in [0.1, 0.15) is 44.9 Å². The molecule has 1 N–H and O–H groups in total. The quantitative estimate of drug-likeness (QED) is 0.202. The Kier molecular flexibility index (Phi) is 12.0. The van der Waals surface area contributed by atoms with Gasteiger partial charge in [0.15, 0.2) is 5.96 Å². The summed E-state index contributed by atoms with van der Waals surface area (Å²) in [5.74, 6) is 1.00. The van der Waals surface area contributed by atoms with E-state index in [9.17, 15) is 0 Å². The van der Waals surface area contributed by atoms with Gasteiger partial charge < -0.3 is 15.0 Å². The average molecular weight is 423 g/mol. The molecule has 0 radical (unpaired) electrons. The molecule has 0 aromatic carbocycles. The van der Waals surface area contributed by atoms with Gasteiger partial charge in [-0.15, -0.1) is 30.6 Å². The largest absolute Gasteiger partial charge is 0.385 e. The van der Waals surface area contributed by atoms with Crippen molar-refractivity contribution in [2.24, 2.45) is 10.4 Å². The fourth-order valence-corrected chi connectivity index (χ4v) is 3.19. The molecule has 0 atom stereocenters. The predicted octanol–water partition coefficient (Wildman–Crippen LogP) is 3.67. The standard InChI is InChI=1S/C17H33N3O.HI/c1-5-6-9-13-20(3)16(18-2)19-15-17(12-14-21-4)10-7-8-11-17;/h5H,1,6-15H2,2-4H3,(H,18,19);1H. The SMILES string of the molecule is C=CCCCN(C)C(=NC)NCC1(CCOC)CCCC1.I. The van der Waals surface area contributed by atoms with Crippen LogP contribution in [0.2, 0.25) is 0 Å². The summed E-state index contributed by atoms with van der Waals surface area (Å²) < 4.78 is 5.30. The van der Waals surface area contributed by atoms with Gasteiger partial charge in [0, 0.05) is 40.9 Å². The minimum absolute atomic E-state index is 0. The van der Waals surface area contributed by atoms with Gasteiger partial charge in [-0.25, -0.2) is 0 Å². The van der Waals surface area contributed by atoms with Crippen LogP contribution in [0.25, 0.3) is 0 Å². The molecule has 0 aromatic rings. The number of aliphatic imine (C=N–C) groups is 1. The van der Waals surface area contributed by atoms with Gasteiger partial charge in [-0.2, -0.15) is 0 Å². The lowest BCUT2D eigenvalue weighted by Crippen LogP contribution is -2.44. The first kappa shape index (κ1) is 21.7. The number of guanidine groups is 1. The van der Waals surface area contributed by atoms with Crippen LogP contribution in [0.4, 0.5) is 0 Å². The summed E-state index contributed by atoms with van der Waals surface area (Å²) in [5, 5.41) is 3.58. The lowest BCUT2D eigenvalue weighted by Gasteiger charge is -2.31. The van der Waals surface area contributed by atoms with Crippen LogP contribution in [-0.2, 0) is 4.74 Å². The number of rotatable bonds is 9. The van der Waals surface area contributed by atoms with Crippen LogP contribution in [-0.4, -0.2) is 51.8 Å². The molecule has 130 valence electrons. The number of nitrogens with one attached hydrogen (secondary N) is 1. The van der Waals surface area contributed by atoms with Crippen molar-refractivity contribution in [3.8, 4) is 0 Å². The fraction of sp³-hybridized carbons (Fsp3) is 0.824. The molecule has 0 amide bonds. The van der Waals surface area contributed by atoms with Crippen molar-refractivity contribution in [2.75, 3.05) is 40.9 Å². The van der Waals surface area contributed by atoms with Crippen molar-refractivity contribution in [3.05, 3.63) is 12.7 Å². The van der Waals surface area contributed by atoms with Crippen LogP contribution in [0.3, 0.4) is 0 Å². The van der Waals surface area contributed by atoms with Gasteiger partial charge in [0.25, 0.3) is 0 Å². The molecule has 0 bridgehead atoms. The summed E-state index contributed by atoms with van der Waals surface area (Å²) in [4.78, 5) is 6.62. The highest BCUT2D eigenvalue weighted by Gasteiger charge is 2.33. The molecular weight excluding hydrogens is 389 g/mol. The number of unbranched alkanes of at least 4 members (excludes halogenated alkanes) is 1. The molecule has 0 saturated heterocycles. The second-order valence-corrected chi connectivity index (χ2v) is 6.20. The Morgan fingerprint density at radius 1 is 1.41 bits per heavy atom. The zero-order valence-electron chi connectivity index (χ0n) is 14.6. The van der Waals surface area contributed by atoms with E-state index in [1.54, 1.807) is 7.11 Å². The maximum atomic E-state index is 5.30. The second-order valence-electron chi connectivity index (χ2n) is 6.20. The molecule has 0 spiro atoms. The molecule has 22 heavy (non-hydrogen) atoms. The average Bonchev–Trinajstić information content (AvgIpc) is 2.95. The van der Waals surface area contributed by atoms with Gasteiger partial charge in [-0.05, 0) is 37.5 Å². The smallest absolute Gasteiger partial charge is 0.193 e. The molecule has 5 heteroatoms. The van der Waals surface area contributed by atoms with Crippen molar-refractivity contribution in [2.45, 2.75) is 44.9 Å². The molecule has 1 aliphatic rings. The van der Waals surface area contributed by atoms with Crippen molar-refractivity contribution in [1.82, 2.24) is 10.2 Å². The van der Waals surface area contributed by atoms with Crippen molar-refractivity contribution >= 4 is 29.9 Å². The number of halogens is 1. The number of nitrogens with zero attached hydrogens (tertiary/aromatic N) is 2. The highest BCUT2D eigenvalue weighted by molar-refractivity contribution is 14.0. The summed E-state index contributed by atoms with van der Waals surface area (Å²) in [6, 6.07) is 0. The van der Waals surface area contributed by atoms with Crippen LogP contribution >= 0.6 is 24.0 Å². The van der Waals surface area contributed by atoms with E-state index in [-0.39, 0.29) is 24.0 Å². The van der Waals surface area contributed by atoms with E-state index in [4.69, 9.17) is 4.74 Å². The highest BCUT2D eigenvalue weighted by Crippen LogP contribution is 2.40. The lowest BCUT2D eigenvalue weighted by molar-refractivity contribution is 0.138. The fourth-order valence-electron chi connectivity index (χ4n) is 3.19. The molecule has 0 unspecified atom stereocenters. The van der Waals surface area contributed by atoms with E-state index in [1.807, 2.05) is 13.1 Å². The van der Waals surface area contributed by atoms with Crippen LogP contribution < -0.4 is 5.32 Å². The third-order valence-electron chi connectivity index (χ3n) is 4.60. The van der Waals surface area contributed by atoms with Gasteiger partial charge in [-0.3, -0.25) is 4.99 Å².